The van der Waals surface area contributed by atoms with Gasteiger partial charge in [-0.15, -0.1) is 0 Å². The van der Waals surface area contributed by atoms with E-state index in [-0.39, 0.29) is 11.9 Å². The molecule has 1 unspecified atom stereocenters. The standard InChI is InChI=1S/C27H31N3O2/c1-29(2)23-14-12-21(13-15-23)25(30-17-16-20-8-4-5-9-22(20)19-30)18-28-27(31)24-10-6-7-11-26(24)32-3/h4-15,25H,16-19H2,1-3H3,(H,28,31)/p+1/t25-/m0/s1. The summed E-state index contributed by atoms with van der Waals surface area (Å²) in [5.74, 6) is 0.491. The molecule has 0 saturated heterocycles. The Hall–Kier alpha value is -3.31. The van der Waals surface area contributed by atoms with Crippen LogP contribution in [0.5, 0.6) is 5.75 Å². The van der Waals surface area contributed by atoms with Crippen molar-refractivity contribution in [2.24, 2.45) is 0 Å². The van der Waals surface area contributed by atoms with E-state index in [2.05, 4.69) is 58.7 Å². The Kier molecular flexibility index (Phi) is 6.76. The molecule has 1 amide bonds. The summed E-state index contributed by atoms with van der Waals surface area (Å²) in [6.07, 6.45) is 1.05. The Balaban J connectivity index is 1.57. The first-order chi connectivity index (χ1) is 15.6. The van der Waals surface area contributed by atoms with Crippen LogP contribution in [0.25, 0.3) is 0 Å². The van der Waals surface area contributed by atoms with Crippen LogP contribution in [0, 0.1) is 0 Å². The van der Waals surface area contributed by atoms with Gasteiger partial charge >= 0.3 is 0 Å². The molecular weight excluding hydrogens is 398 g/mol. The van der Waals surface area contributed by atoms with E-state index in [0.29, 0.717) is 17.9 Å². The number of nitrogens with one attached hydrogen (secondary N) is 2. The Labute approximate surface area is 190 Å². The number of amides is 1. The minimum Gasteiger partial charge on any atom is -0.496 e. The topological polar surface area (TPSA) is 46.0 Å². The van der Waals surface area contributed by atoms with Crippen molar-refractivity contribution in [2.45, 2.75) is 19.0 Å². The fourth-order valence-electron chi connectivity index (χ4n) is 4.52. The highest BCUT2D eigenvalue weighted by Gasteiger charge is 2.29. The zero-order valence-corrected chi connectivity index (χ0v) is 19.1. The van der Waals surface area contributed by atoms with Gasteiger partial charge in [-0.1, -0.05) is 48.5 Å². The van der Waals surface area contributed by atoms with Gasteiger partial charge in [-0.3, -0.25) is 4.79 Å². The maximum Gasteiger partial charge on any atom is 0.255 e. The number of fused-ring (bicyclic) bond motifs is 1. The molecule has 32 heavy (non-hydrogen) atoms. The molecule has 5 heteroatoms. The zero-order valence-electron chi connectivity index (χ0n) is 19.1. The minimum absolute atomic E-state index is 0.103. The van der Waals surface area contributed by atoms with Crippen LogP contribution in [0.1, 0.15) is 33.1 Å². The number of carbonyl (C=O) groups is 1. The number of para-hydroxylation sites is 1. The summed E-state index contributed by atoms with van der Waals surface area (Å²) in [4.78, 5) is 16.6. The normalized spacial score (nSPS) is 16.0. The van der Waals surface area contributed by atoms with E-state index in [1.807, 2.05) is 32.3 Å². The van der Waals surface area contributed by atoms with Crippen molar-refractivity contribution in [1.82, 2.24) is 5.32 Å². The van der Waals surface area contributed by atoms with E-state index in [9.17, 15) is 4.79 Å². The predicted molar refractivity (Wildman–Crippen MR) is 129 cm³/mol. The van der Waals surface area contributed by atoms with Crippen LogP contribution in [0.4, 0.5) is 5.69 Å². The van der Waals surface area contributed by atoms with Gasteiger partial charge in [0.2, 0.25) is 0 Å². The van der Waals surface area contributed by atoms with Crippen molar-refractivity contribution in [3.8, 4) is 5.75 Å². The van der Waals surface area contributed by atoms with Crippen LogP contribution in [0.2, 0.25) is 0 Å². The van der Waals surface area contributed by atoms with Gasteiger partial charge in [-0.05, 0) is 29.8 Å². The third-order valence-corrected chi connectivity index (χ3v) is 6.37. The van der Waals surface area contributed by atoms with Gasteiger partial charge in [0, 0.05) is 37.3 Å². The first kappa shape index (κ1) is 21.9. The van der Waals surface area contributed by atoms with Crippen molar-refractivity contribution in [3.63, 3.8) is 0 Å². The molecule has 2 atom stereocenters. The first-order valence-electron chi connectivity index (χ1n) is 11.2. The molecule has 1 heterocycles. The summed E-state index contributed by atoms with van der Waals surface area (Å²) in [7, 11) is 5.69. The number of rotatable bonds is 7. The average Bonchev–Trinajstić information content (AvgIpc) is 2.84. The number of benzene rings is 3. The lowest BCUT2D eigenvalue weighted by atomic mass is 9.96. The van der Waals surface area contributed by atoms with Gasteiger partial charge in [0.1, 0.15) is 18.3 Å². The lowest BCUT2D eigenvalue weighted by molar-refractivity contribution is -0.945. The number of ether oxygens (including phenoxy) is 1. The molecule has 1 aliphatic rings. The average molecular weight is 431 g/mol. The Bertz CT molecular complexity index is 1060. The van der Waals surface area contributed by atoms with Crippen molar-refractivity contribution in [1.29, 1.82) is 0 Å². The number of quaternary nitrogens is 1. The molecule has 0 saturated carbocycles. The van der Waals surface area contributed by atoms with Crippen LogP contribution < -0.4 is 19.9 Å². The zero-order chi connectivity index (χ0) is 22.5. The molecule has 0 radical (unpaired) electrons. The second-order valence-corrected chi connectivity index (χ2v) is 8.55. The fourth-order valence-corrected chi connectivity index (χ4v) is 4.52. The fraction of sp³-hybridized carbons (Fsp3) is 0.296. The van der Waals surface area contributed by atoms with Crippen LogP contribution in [-0.2, 0) is 13.0 Å². The molecule has 166 valence electrons. The second-order valence-electron chi connectivity index (χ2n) is 8.55. The second kappa shape index (κ2) is 9.88. The maximum absolute atomic E-state index is 13.0. The van der Waals surface area contributed by atoms with E-state index in [0.717, 1.165) is 19.5 Å². The van der Waals surface area contributed by atoms with Crippen molar-refractivity contribution in [2.75, 3.05) is 39.2 Å². The van der Waals surface area contributed by atoms with Gasteiger partial charge in [-0.2, -0.15) is 0 Å². The molecular formula is C27H32N3O2+. The van der Waals surface area contributed by atoms with Crippen molar-refractivity contribution >= 4 is 11.6 Å². The summed E-state index contributed by atoms with van der Waals surface area (Å²) >= 11 is 0. The molecule has 4 rings (SSSR count). The number of anilines is 1. The third kappa shape index (κ3) is 4.78. The van der Waals surface area contributed by atoms with Gasteiger partial charge in [0.05, 0.1) is 25.8 Å². The van der Waals surface area contributed by atoms with Crippen molar-refractivity contribution in [3.05, 3.63) is 95.1 Å². The van der Waals surface area contributed by atoms with Gasteiger partial charge in [0.25, 0.3) is 5.91 Å². The monoisotopic (exact) mass is 430 g/mol. The molecule has 0 bridgehead atoms. The van der Waals surface area contributed by atoms with Gasteiger partial charge in [-0.25, -0.2) is 0 Å². The number of methoxy groups -OCH3 is 1. The molecule has 3 aromatic rings. The maximum atomic E-state index is 13.0. The van der Waals surface area contributed by atoms with Crippen molar-refractivity contribution < 1.29 is 14.4 Å². The first-order valence-corrected chi connectivity index (χ1v) is 11.2. The SMILES string of the molecule is COc1ccccc1C(=O)NC[C@@H](c1ccc(N(C)C)cc1)[NH+]1CCc2ccccc2C1. The Morgan fingerprint density at radius 2 is 1.69 bits per heavy atom. The molecule has 0 spiro atoms. The smallest absolute Gasteiger partial charge is 0.255 e. The predicted octanol–water partition coefficient (Wildman–Crippen LogP) is 2.87. The quantitative estimate of drug-likeness (QED) is 0.606. The van der Waals surface area contributed by atoms with E-state index >= 15 is 0 Å². The van der Waals surface area contributed by atoms with E-state index in [1.54, 1.807) is 13.2 Å². The van der Waals surface area contributed by atoms with E-state index < -0.39 is 0 Å². The molecule has 0 aliphatic carbocycles. The summed E-state index contributed by atoms with van der Waals surface area (Å²) < 4.78 is 5.38. The minimum atomic E-state index is -0.103. The van der Waals surface area contributed by atoms with Gasteiger partial charge in [0.15, 0.2) is 0 Å². The Morgan fingerprint density at radius 3 is 2.41 bits per heavy atom. The van der Waals surface area contributed by atoms with Gasteiger partial charge < -0.3 is 19.9 Å². The lowest BCUT2D eigenvalue weighted by Gasteiger charge is -2.33. The van der Waals surface area contributed by atoms with Crippen LogP contribution >= 0.6 is 0 Å². The van der Waals surface area contributed by atoms with E-state index in [1.165, 1.54) is 27.3 Å². The molecule has 0 aromatic heterocycles. The van der Waals surface area contributed by atoms with E-state index in [4.69, 9.17) is 4.74 Å². The Morgan fingerprint density at radius 1 is 1.00 bits per heavy atom. The summed E-state index contributed by atoms with van der Waals surface area (Å²) in [5.41, 5.74) is 5.82. The molecule has 0 fully saturated rings. The molecule has 2 N–H and O–H groups in total. The molecule has 3 aromatic carbocycles. The highest BCUT2D eigenvalue weighted by molar-refractivity contribution is 5.96. The number of hydrogen-bond donors (Lipinski definition) is 2. The number of hydrogen-bond acceptors (Lipinski definition) is 3. The van der Waals surface area contributed by atoms with Crippen LogP contribution in [0.3, 0.4) is 0 Å². The summed E-state index contributed by atoms with van der Waals surface area (Å²) in [5, 5.41) is 3.18. The lowest BCUT2D eigenvalue weighted by Crippen LogP contribution is -3.12. The third-order valence-electron chi connectivity index (χ3n) is 6.37. The highest BCUT2D eigenvalue weighted by Crippen LogP contribution is 2.20. The molecule has 1 aliphatic heterocycles. The largest absolute Gasteiger partial charge is 0.496 e. The highest BCUT2D eigenvalue weighted by atomic mass is 16.5. The van der Waals surface area contributed by atoms with Crippen LogP contribution in [-0.4, -0.2) is 40.2 Å². The number of nitrogens with zero attached hydrogens (tertiary/aromatic N) is 1. The summed E-state index contributed by atoms with van der Waals surface area (Å²) in [6, 6.07) is 24.9. The summed E-state index contributed by atoms with van der Waals surface area (Å²) in [6.45, 7) is 2.57. The molecule has 5 nitrogen and oxygen atoms in total. The van der Waals surface area contributed by atoms with Crippen LogP contribution in [0.15, 0.2) is 72.8 Å². The number of carbonyl (C=O) groups excluding carboxylic acids is 1.